The third kappa shape index (κ3) is 3.91. The second-order valence-corrected chi connectivity index (χ2v) is 5.67. The number of halogens is 2. The van der Waals surface area contributed by atoms with Gasteiger partial charge in [0.05, 0.1) is 5.03 Å². The monoisotopic (exact) mass is 324 g/mol. The first-order valence-corrected chi connectivity index (χ1v) is 7.14. The van der Waals surface area contributed by atoms with Gasteiger partial charge in [0.2, 0.25) is 0 Å². The Kier molecular flexibility index (Phi) is 4.72. The van der Waals surface area contributed by atoms with Crippen LogP contribution in [0.3, 0.4) is 0 Å². The Morgan fingerprint density at radius 1 is 1.00 bits per heavy atom. The van der Waals surface area contributed by atoms with Gasteiger partial charge in [0.15, 0.2) is 0 Å². The summed E-state index contributed by atoms with van der Waals surface area (Å²) in [6.07, 6.45) is 0. The largest absolute Gasteiger partial charge is 0.0965 e. The molecule has 0 atom stereocenters. The highest BCUT2D eigenvalue weighted by atomic mass is 79.9. The molecule has 0 radical (unpaired) electrons. The van der Waals surface area contributed by atoms with Crippen LogP contribution < -0.4 is 0 Å². The summed E-state index contributed by atoms with van der Waals surface area (Å²) in [5.41, 5.74) is 1.04. The van der Waals surface area contributed by atoms with Crippen LogP contribution in [-0.2, 0) is 0 Å². The molecule has 2 aromatic rings. The highest BCUT2D eigenvalue weighted by Gasteiger charge is 1.97. The number of hydrogen-bond donors (Lipinski definition) is 0. The number of thioether (sulfide) groups is 1. The molecule has 86 valence electrons. The van der Waals surface area contributed by atoms with E-state index in [-0.39, 0.29) is 0 Å². The predicted molar refractivity (Wildman–Crippen MR) is 80.3 cm³/mol. The first kappa shape index (κ1) is 12.7. The van der Waals surface area contributed by atoms with Gasteiger partial charge in [-0.2, -0.15) is 0 Å². The van der Waals surface area contributed by atoms with Gasteiger partial charge < -0.3 is 0 Å². The maximum absolute atomic E-state index is 6.22. The molecule has 17 heavy (non-hydrogen) atoms. The number of rotatable bonds is 3. The quantitative estimate of drug-likeness (QED) is 0.645. The first-order chi connectivity index (χ1) is 8.25. The van der Waals surface area contributed by atoms with E-state index in [4.69, 9.17) is 11.6 Å². The molecule has 0 saturated carbocycles. The molecule has 0 unspecified atom stereocenters. The third-order valence-electron chi connectivity index (χ3n) is 2.16. The molecular weight excluding hydrogens is 316 g/mol. The molecule has 0 N–H and O–H groups in total. The maximum Gasteiger partial charge on any atom is 0.0544 e. The van der Waals surface area contributed by atoms with Crippen LogP contribution in [0.2, 0.25) is 0 Å². The van der Waals surface area contributed by atoms with Crippen LogP contribution in [0.4, 0.5) is 0 Å². The lowest BCUT2D eigenvalue weighted by molar-refractivity contribution is 1.45. The van der Waals surface area contributed by atoms with Crippen molar-refractivity contribution >= 4 is 44.3 Å². The van der Waals surface area contributed by atoms with Crippen LogP contribution in [0.5, 0.6) is 0 Å². The van der Waals surface area contributed by atoms with Crippen molar-refractivity contribution in [3.8, 4) is 0 Å². The second kappa shape index (κ2) is 6.29. The fourth-order valence-corrected chi connectivity index (χ4v) is 2.49. The standard InChI is InChI=1S/C14H10BrClS/c15-12-6-8-13(9-7-12)17-10-14(16)11-4-2-1-3-5-11/h1-10H/b14-10+. The summed E-state index contributed by atoms with van der Waals surface area (Å²) >= 11 is 11.2. The molecule has 0 nitrogen and oxygen atoms in total. The van der Waals surface area contributed by atoms with E-state index < -0.39 is 0 Å². The molecule has 0 fully saturated rings. The fourth-order valence-electron chi connectivity index (χ4n) is 1.30. The summed E-state index contributed by atoms with van der Waals surface area (Å²) < 4.78 is 1.08. The summed E-state index contributed by atoms with van der Waals surface area (Å²) in [5.74, 6) is 0. The van der Waals surface area contributed by atoms with Crippen LogP contribution in [0.1, 0.15) is 5.56 Å². The Balaban J connectivity index is 2.08. The molecular formula is C14H10BrClS. The van der Waals surface area contributed by atoms with Crippen LogP contribution >= 0.6 is 39.3 Å². The van der Waals surface area contributed by atoms with Gasteiger partial charge in [-0.25, -0.2) is 0 Å². The summed E-state index contributed by atoms with van der Waals surface area (Å²) in [7, 11) is 0. The first-order valence-electron chi connectivity index (χ1n) is 5.09. The van der Waals surface area contributed by atoms with E-state index in [1.807, 2.05) is 47.9 Å². The predicted octanol–water partition coefficient (Wildman–Crippen LogP) is 5.78. The van der Waals surface area contributed by atoms with E-state index in [0.717, 1.165) is 15.1 Å². The van der Waals surface area contributed by atoms with Gasteiger partial charge in [-0.15, -0.1) is 0 Å². The van der Waals surface area contributed by atoms with Crippen molar-refractivity contribution in [1.82, 2.24) is 0 Å². The minimum atomic E-state index is 0.763. The van der Waals surface area contributed by atoms with E-state index in [0.29, 0.717) is 0 Å². The molecule has 0 aliphatic carbocycles. The van der Waals surface area contributed by atoms with Crippen molar-refractivity contribution in [3.05, 3.63) is 70.0 Å². The fraction of sp³-hybridized carbons (Fsp3) is 0. The molecule has 2 rings (SSSR count). The minimum absolute atomic E-state index is 0.763. The van der Waals surface area contributed by atoms with Crippen LogP contribution in [0, 0.1) is 0 Å². The number of benzene rings is 2. The summed E-state index contributed by atoms with van der Waals surface area (Å²) in [5, 5.41) is 2.72. The smallest absolute Gasteiger partial charge is 0.0544 e. The molecule has 2 aromatic carbocycles. The Morgan fingerprint density at radius 3 is 2.29 bits per heavy atom. The topological polar surface area (TPSA) is 0 Å². The molecule has 0 aliphatic rings. The average molecular weight is 326 g/mol. The normalized spacial score (nSPS) is 11.5. The van der Waals surface area contributed by atoms with Crippen molar-refractivity contribution in [2.75, 3.05) is 0 Å². The molecule has 0 aliphatic heterocycles. The van der Waals surface area contributed by atoms with Crippen molar-refractivity contribution in [1.29, 1.82) is 0 Å². The average Bonchev–Trinajstić information content (AvgIpc) is 2.39. The highest BCUT2D eigenvalue weighted by molar-refractivity contribution is 9.10. The van der Waals surface area contributed by atoms with Gasteiger partial charge >= 0.3 is 0 Å². The Labute approximate surface area is 119 Å². The van der Waals surface area contributed by atoms with E-state index in [1.165, 1.54) is 4.90 Å². The lowest BCUT2D eigenvalue weighted by Gasteiger charge is -2.00. The SMILES string of the molecule is Cl/C(=C/Sc1ccc(Br)cc1)c1ccccc1. The zero-order valence-corrected chi connectivity index (χ0v) is 12.1. The van der Waals surface area contributed by atoms with Crippen molar-refractivity contribution in [2.45, 2.75) is 4.90 Å². The molecule has 0 amide bonds. The van der Waals surface area contributed by atoms with Crippen LogP contribution in [-0.4, -0.2) is 0 Å². The molecule has 0 spiro atoms. The highest BCUT2D eigenvalue weighted by Crippen LogP contribution is 2.27. The van der Waals surface area contributed by atoms with Crippen LogP contribution in [0.15, 0.2) is 69.4 Å². The Hall–Kier alpha value is -0.700. The van der Waals surface area contributed by atoms with Crippen molar-refractivity contribution in [3.63, 3.8) is 0 Å². The Morgan fingerprint density at radius 2 is 1.65 bits per heavy atom. The molecule has 0 bridgehead atoms. The lowest BCUT2D eigenvalue weighted by atomic mass is 10.2. The second-order valence-electron chi connectivity index (χ2n) is 3.40. The summed E-state index contributed by atoms with van der Waals surface area (Å²) in [6.45, 7) is 0. The maximum atomic E-state index is 6.22. The summed E-state index contributed by atoms with van der Waals surface area (Å²) in [4.78, 5) is 1.17. The van der Waals surface area contributed by atoms with E-state index >= 15 is 0 Å². The van der Waals surface area contributed by atoms with E-state index in [1.54, 1.807) is 11.8 Å². The third-order valence-corrected chi connectivity index (χ3v) is 4.04. The zero-order chi connectivity index (χ0) is 12.1. The number of hydrogen-bond acceptors (Lipinski definition) is 1. The lowest BCUT2D eigenvalue weighted by Crippen LogP contribution is -1.74. The molecule has 0 saturated heterocycles. The molecule has 0 heterocycles. The molecule has 0 aromatic heterocycles. The minimum Gasteiger partial charge on any atom is -0.0965 e. The van der Waals surface area contributed by atoms with E-state index in [2.05, 4.69) is 28.1 Å². The van der Waals surface area contributed by atoms with Gasteiger partial charge in [0, 0.05) is 9.37 Å². The summed E-state index contributed by atoms with van der Waals surface area (Å²) in [6, 6.07) is 18.1. The Bertz CT molecular complexity index is 506. The van der Waals surface area contributed by atoms with Crippen molar-refractivity contribution in [2.24, 2.45) is 0 Å². The zero-order valence-electron chi connectivity index (χ0n) is 8.94. The van der Waals surface area contributed by atoms with Gasteiger partial charge in [-0.3, -0.25) is 0 Å². The van der Waals surface area contributed by atoms with Crippen molar-refractivity contribution < 1.29 is 0 Å². The van der Waals surface area contributed by atoms with Gasteiger partial charge in [-0.05, 0) is 35.2 Å². The van der Waals surface area contributed by atoms with Gasteiger partial charge in [0.1, 0.15) is 0 Å². The van der Waals surface area contributed by atoms with Crippen LogP contribution in [0.25, 0.3) is 5.03 Å². The molecule has 3 heteroatoms. The van der Waals surface area contributed by atoms with E-state index in [9.17, 15) is 0 Å². The van der Waals surface area contributed by atoms with Gasteiger partial charge in [-0.1, -0.05) is 69.6 Å². The van der Waals surface area contributed by atoms with Gasteiger partial charge in [0.25, 0.3) is 0 Å².